The van der Waals surface area contributed by atoms with Crippen LogP contribution in [0.15, 0.2) is 0 Å². The summed E-state index contributed by atoms with van der Waals surface area (Å²) in [6.45, 7) is 13.2. The lowest BCUT2D eigenvalue weighted by Crippen LogP contribution is -2.45. The molecule has 0 bridgehead atoms. The Morgan fingerprint density at radius 3 is 1.86 bits per heavy atom. The van der Waals surface area contributed by atoms with Crippen LogP contribution in [0.25, 0.3) is 0 Å². The number of hydrogen-bond acceptors (Lipinski definition) is 1. The number of hydrogen-bond donors (Lipinski definition) is 1. The molecule has 0 aromatic heterocycles. The normalized spacial score (nSPS) is 45.2. The topological polar surface area (TPSA) is 20.2 Å². The lowest BCUT2D eigenvalue weighted by atomic mass is 9.60. The fourth-order valence-electron chi connectivity index (χ4n) is 3.13. The molecule has 0 aliphatic heterocycles. The van der Waals surface area contributed by atoms with Crippen LogP contribution in [0.5, 0.6) is 0 Å². The zero-order valence-electron chi connectivity index (χ0n) is 10.5. The Morgan fingerprint density at radius 2 is 1.43 bits per heavy atom. The molecule has 0 spiro atoms. The zero-order chi connectivity index (χ0) is 11.1. The summed E-state index contributed by atoms with van der Waals surface area (Å²) in [6, 6.07) is 0. The molecule has 0 aromatic carbocycles. The van der Waals surface area contributed by atoms with Crippen molar-refractivity contribution in [3.05, 3.63) is 0 Å². The number of aliphatic hydroxyl groups is 1. The Bertz CT molecular complexity index is 192. The van der Waals surface area contributed by atoms with Gasteiger partial charge in [0, 0.05) is 0 Å². The molecule has 1 rings (SSSR count). The molecule has 0 aromatic rings. The summed E-state index contributed by atoms with van der Waals surface area (Å²) in [5.41, 5.74) is -0.512. The summed E-state index contributed by atoms with van der Waals surface area (Å²) < 4.78 is 0. The summed E-state index contributed by atoms with van der Waals surface area (Å²) in [6.07, 6.45) is 1.18. The Hall–Kier alpha value is -0.0400. The largest absolute Gasteiger partial charge is 0.390 e. The predicted octanol–water partition coefficient (Wildman–Crippen LogP) is 3.32. The van der Waals surface area contributed by atoms with E-state index in [9.17, 15) is 5.11 Å². The van der Waals surface area contributed by atoms with E-state index < -0.39 is 5.60 Å². The van der Waals surface area contributed by atoms with Crippen molar-refractivity contribution in [1.82, 2.24) is 0 Å². The van der Waals surface area contributed by atoms with Crippen molar-refractivity contribution in [2.75, 3.05) is 0 Å². The summed E-state index contributed by atoms with van der Waals surface area (Å²) in [7, 11) is 0. The lowest BCUT2D eigenvalue weighted by molar-refractivity contribution is -0.0642. The number of rotatable bonds is 1. The maximum atomic E-state index is 10.1. The van der Waals surface area contributed by atoms with Gasteiger partial charge in [0.05, 0.1) is 5.60 Å². The molecule has 1 saturated carbocycles. The highest BCUT2D eigenvalue weighted by Gasteiger charge is 2.42. The van der Waals surface area contributed by atoms with Gasteiger partial charge in [-0.2, -0.15) is 0 Å². The molecular formula is C13H26O. The van der Waals surface area contributed by atoms with Crippen LogP contribution >= 0.6 is 0 Å². The van der Waals surface area contributed by atoms with Gasteiger partial charge in [0.1, 0.15) is 0 Å². The smallest absolute Gasteiger partial charge is 0.0622 e. The molecule has 14 heavy (non-hydrogen) atoms. The fraction of sp³-hybridized carbons (Fsp3) is 1.00. The van der Waals surface area contributed by atoms with Gasteiger partial charge in [0.2, 0.25) is 0 Å². The quantitative estimate of drug-likeness (QED) is 0.685. The van der Waals surface area contributed by atoms with Gasteiger partial charge < -0.3 is 5.11 Å². The molecule has 84 valence electrons. The first-order chi connectivity index (χ1) is 6.25. The van der Waals surface area contributed by atoms with Crippen molar-refractivity contribution in [2.45, 2.75) is 53.6 Å². The average molecular weight is 198 g/mol. The predicted molar refractivity (Wildman–Crippen MR) is 61.1 cm³/mol. The van der Waals surface area contributed by atoms with E-state index in [1.165, 1.54) is 6.42 Å². The third-order valence-electron chi connectivity index (χ3n) is 4.72. The molecule has 0 radical (unpaired) electrons. The standard InChI is InChI=1S/C13H26O/c1-8-7-12(13(5,6)14)11(4)10(3)9(8)2/h8-12,14H,7H2,1-6H3. The van der Waals surface area contributed by atoms with E-state index in [0.29, 0.717) is 11.8 Å². The molecule has 1 aliphatic carbocycles. The molecule has 5 unspecified atom stereocenters. The van der Waals surface area contributed by atoms with E-state index in [0.717, 1.165) is 17.8 Å². The van der Waals surface area contributed by atoms with Crippen LogP contribution in [0.3, 0.4) is 0 Å². The minimum absolute atomic E-state index is 0.462. The summed E-state index contributed by atoms with van der Waals surface area (Å²) >= 11 is 0. The molecule has 5 atom stereocenters. The molecule has 0 saturated heterocycles. The summed E-state index contributed by atoms with van der Waals surface area (Å²) in [5.74, 6) is 3.38. The molecule has 1 heteroatoms. The van der Waals surface area contributed by atoms with Crippen LogP contribution in [0, 0.1) is 29.6 Å². The average Bonchev–Trinajstić information content (AvgIpc) is 2.06. The van der Waals surface area contributed by atoms with Crippen LogP contribution in [0.4, 0.5) is 0 Å². The van der Waals surface area contributed by atoms with Crippen LogP contribution < -0.4 is 0 Å². The van der Waals surface area contributed by atoms with Crippen molar-refractivity contribution in [1.29, 1.82) is 0 Å². The van der Waals surface area contributed by atoms with Crippen LogP contribution in [-0.2, 0) is 0 Å². The Kier molecular flexibility index (Phi) is 3.30. The SMILES string of the molecule is CC1CC(C(C)(C)O)C(C)C(C)C1C. The van der Waals surface area contributed by atoms with Gasteiger partial charge in [-0.1, -0.05) is 27.7 Å². The molecule has 1 nitrogen and oxygen atoms in total. The summed E-state index contributed by atoms with van der Waals surface area (Å²) in [5, 5.41) is 10.1. The second-order valence-electron chi connectivity index (χ2n) is 6.05. The molecule has 1 aliphatic rings. The third kappa shape index (κ3) is 2.13. The van der Waals surface area contributed by atoms with E-state index in [4.69, 9.17) is 0 Å². The minimum atomic E-state index is -0.512. The Morgan fingerprint density at radius 1 is 0.929 bits per heavy atom. The van der Waals surface area contributed by atoms with Gasteiger partial charge in [-0.05, 0) is 49.9 Å². The van der Waals surface area contributed by atoms with Crippen LogP contribution in [-0.4, -0.2) is 10.7 Å². The second kappa shape index (κ2) is 3.84. The van der Waals surface area contributed by atoms with Crippen LogP contribution in [0.1, 0.15) is 48.0 Å². The highest BCUT2D eigenvalue weighted by Crippen LogP contribution is 2.45. The van der Waals surface area contributed by atoms with E-state index >= 15 is 0 Å². The molecule has 0 amide bonds. The van der Waals surface area contributed by atoms with Crippen molar-refractivity contribution in [3.63, 3.8) is 0 Å². The lowest BCUT2D eigenvalue weighted by Gasteiger charge is -2.47. The molecule has 0 heterocycles. The fourth-order valence-corrected chi connectivity index (χ4v) is 3.13. The zero-order valence-corrected chi connectivity index (χ0v) is 10.5. The van der Waals surface area contributed by atoms with Gasteiger partial charge in [0.25, 0.3) is 0 Å². The highest BCUT2D eigenvalue weighted by molar-refractivity contribution is 4.91. The van der Waals surface area contributed by atoms with Crippen molar-refractivity contribution < 1.29 is 5.11 Å². The monoisotopic (exact) mass is 198 g/mol. The minimum Gasteiger partial charge on any atom is -0.390 e. The van der Waals surface area contributed by atoms with Gasteiger partial charge in [0.15, 0.2) is 0 Å². The second-order valence-corrected chi connectivity index (χ2v) is 6.05. The Balaban J connectivity index is 2.81. The van der Waals surface area contributed by atoms with Gasteiger partial charge in [-0.3, -0.25) is 0 Å². The van der Waals surface area contributed by atoms with Crippen LogP contribution in [0.2, 0.25) is 0 Å². The van der Waals surface area contributed by atoms with Gasteiger partial charge in [-0.25, -0.2) is 0 Å². The first kappa shape index (κ1) is 12.0. The van der Waals surface area contributed by atoms with Crippen molar-refractivity contribution in [2.24, 2.45) is 29.6 Å². The molecular weight excluding hydrogens is 172 g/mol. The van der Waals surface area contributed by atoms with Gasteiger partial charge in [-0.15, -0.1) is 0 Å². The van der Waals surface area contributed by atoms with Crippen molar-refractivity contribution >= 4 is 0 Å². The Labute approximate surface area is 88.9 Å². The highest BCUT2D eigenvalue weighted by atomic mass is 16.3. The first-order valence-electron chi connectivity index (χ1n) is 5.97. The maximum Gasteiger partial charge on any atom is 0.0622 e. The van der Waals surface area contributed by atoms with E-state index in [2.05, 4.69) is 27.7 Å². The first-order valence-corrected chi connectivity index (χ1v) is 5.97. The molecule has 1 N–H and O–H groups in total. The summed E-state index contributed by atoms with van der Waals surface area (Å²) in [4.78, 5) is 0. The van der Waals surface area contributed by atoms with Crippen molar-refractivity contribution in [3.8, 4) is 0 Å². The van der Waals surface area contributed by atoms with E-state index in [1.54, 1.807) is 0 Å². The van der Waals surface area contributed by atoms with E-state index in [1.807, 2.05) is 13.8 Å². The molecule has 1 fully saturated rings. The maximum absolute atomic E-state index is 10.1. The third-order valence-corrected chi connectivity index (χ3v) is 4.72. The van der Waals surface area contributed by atoms with Gasteiger partial charge >= 0.3 is 0 Å². The van der Waals surface area contributed by atoms with E-state index in [-0.39, 0.29) is 0 Å².